The van der Waals surface area contributed by atoms with E-state index >= 15 is 0 Å². The summed E-state index contributed by atoms with van der Waals surface area (Å²) in [5, 5.41) is 0.858. The molecule has 1 aromatic carbocycles. The predicted octanol–water partition coefficient (Wildman–Crippen LogP) is 1.42. The molecule has 0 aliphatic rings. The first-order valence-corrected chi connectivity index (χ1v) is 5.07. The summed E-state index contributed by atoms with van der Waals surface area (Å²) < 4.78 is 22.5. The molecule has 0 saturated carbocycles. The van der Waals surface area contributed by atoms with Crippen molar-refractivity contribution >= 4 is 16.1 Å². The van der Waals surface area contributed by atoms with Crippen LogP contribution >= 0.6 is 0 Å². The van der Waals surface area contributed by atoms with Crippen LogP contribution in [0.15, 0.2) is 41.1 Å². The molecule has 0 spiro atoms. The zero-order valence-electron chi connectivity index (χ0n) is 6.80. The van der Waals surface area contributed by atoms with E-state index in [1.54, 1.807) is 0 Å². The Morgan fingerprint density at radius 2 is 2.00 bits per heavy atom. The van der Waals surface area contributed by atoms with Gasteiger partial charge in [0, 0.05) is 11.0 Å². The molecule has 68 valence electrons. The molecule has 0 aromatic heterocycles. The van der Waals surface area contributed by atoms with Gasteiger partial charge in [0.2, 0.25) is 0 Å². The molecule has 0 saturated heterocycles. The molecular formula is C9H8O3S. The third-order valence-corrected chi connectivity index (χ3v) is 2.89. The maximum absolute atomic E-state index is 11.2. The maximum atomic E-state index is 11.2. The zero-order chi connectivity index (χ0) is 9.90. The van der Waals surface area contributed by atoms with Crippen molar-refractivity contribution in [3.8, 4) is 0 Å². The lowest BCUT2D eigenvalue weighted by Gasteiger charge is -1.98. The summed E-state index contributed by atoms with van der Waals surface area (Å²) in [5.74, 6) is 0. The fourth-order valence-electron chi connectivity index (χ4n) is 0.861. The number of sulfone groups is 1. The van der Waals surface area contributed by atoms with E-state index < -0.39 is 9.84 Å². The first kappa shape index (κ1) is 9.67. The lowest BCUT2D eigenvalue weighted by Crippen LogP contribution is -1.96. The van der Waals surface area contributed by atoms with Crippen LogP contribution in [0.25, 0.3) is 0 Å². The molecule has 0 radical (unpaired) electrons. The third-order valence-electron chi connectivity index (χ3n) is 1.54. The van der Waals surface area contributed by atoms with Gasteiger partial charge in [-0.3, -0.25) is 4.79 Å². The molecular weight excluding hydrogens is 188 g/mol. The van der Waals surface area contributed by atoms with E-state index in [0.717, 1.165) is 5.41 Å². The van der Waals surface area contributed by atoms with Crippen molar-refractivity contribution in [2.24, 2.45) is 0 Å². The van der Waals surface area contributed by atoms with Gasteiger partial charge in [0.05, 0.1) is 4.90 Å². The molecule has 1 aromatic rings. The molecule has 0 bridgehead atoms. The summed E-state index contributed by atoms with van der Waals surface area (Å²) in [4.78, 5) is 10.4. The monoisotopic (exact) mass is 196 g/mol. The van der Waals surface area contributed by atoms with Crippen molar-refractivity contribution in [2.75, 3.05) is 0 Å². The van der Waals surface area contributed by atoms with Gasteiger partial charge < -0.3 is 0 Å². The Kier molecular flexibility index (Phi) is 2.63. The van der Waals surface area contributed by atoms with Crippen LogP contribution in [-0.2, 0) is 9.84 Å². The molecule has 0 aliphatic carbocycles. The van der Waals surface area contributed by atoms with Gasteiger partial charge in [0.25, 0.3) is 0 Å². The smallest absolute Gasteiger partial charge is 0.199 e. The van der Waals surface area contributed by atoms with Gasteiger partial charge in [-0.15, -0.1) is 0 Å². The number of hydrogen-bond donors (Lipinski definition) is 0. The van der Waals surface area contributed by atoms with Crippen molar-refractivity contribution in [3.63, 3.8) is 0 Å². The Hall–Kier alpha value is -1.42. The van der Waals surface area contributed by atoms with E-state index in [0.29, 0.717) is 11.8 Å². The van der Waals surface area contributed by atoms with Crippen molar-refractivity contribution in [3.05, 3.63) is 41.8 Å². The van der Waals surface area contributed by atoms with Gasteiger partial charge in [0.15, 0.2) is 9.84 Å². The molecule has 4 heteroatoms. The van der Waals surface area contributed by atoms with Crippen LogP contribution in [0.5, 0.6) is 0 Å². The Bertz CT molecular complexity index is 432. The van der Waals surface area contributed by atoms with Crippen LogP contribution in [0.1, 0.15) is 10.4 Å². The minimum absolute atomic E-state index is 0.0899. The summed E-state index contributed by atoms with van der Waals surface area (Å²) >= 11 is 0. The zero-order valence-corrected chi connectivity index (χ0v) is 7.62. The SMILES string of the molecule is C=CS(=O)(=O)c1cccc(C=O)c1. The molecule has 0 atom stereocenters. The lowest BCUT2D eigenvalue weighted by atomic mass is 10.2. The van der Waals surface area contributed by atoms with Gasteiger partial charge >= 0.3 is 0 Å². The normalized spacial score (nSPS) is 10.8. The average Bonchev–Trinajstić information content (AvgIpc) is 2.18. The minimum atomic E-state index is -3.43. The van der Waals surface area contributed by atoms with Crippen LogP contribution in [0.2, 0.25) is 0 Å². The summed E-state index contributed by atoms with van der Waals surface area (Å²) in [6, 6.07) is 5.78. The second-order valence-corrected chi connectivity index (χ2v) is 4.30. The summed E-state index contributed by atoms with van der Waals surface area (Å²) in [5.41, 5.74) is 0.336. The molecule has 1 rings (SSSR count). The fraction of sp³-hybridized carbons (Fsp3) is 0. The van der Waals surface area contributed by atoms with Gasteiger partial charge in [-0.05, 0) is 12.1 Å². The summed E-state index contributed by atoms with van der Waals surface area (Å²) in [6.07, 6.45) is 0.599. The highest BCUT2D eigenvalue weighted by Crippen LogP contribution is 2.12. The van der Waals surface area contributed by atoms with Crippen LogP contribution in [0.3, 0.4) is 0 Å². The van der Waals surface area contributed by atoms with Gasteiger partial charge in [-0.1, -0.05) is 18.7 Å². The van der Waals surface area contributed by atoms with Crippen LogP contribution in [-0.4, -0.2) is 14.7 Å². The quantitative estimate of drug-likeness (QED) is 0.687. The Morgan fingerprint density at radius 1 is 1.31 bits per heavy atom. The van der Waals surface area contributed by atoms with Crippen molar-refractivity contribution in [1.82, 2.24) is 0 Å². The number of rotatable bonds is 3. The summed E-state index contributed by atoms with van der Waals surface area (Å²) in [6.45, 7) is 3.19. The van der Waals surface area contributed by atoms with Gasteiger partial charge in [0.1, 0.15) is 6.29 Å². The molecule has 0 aliphatic heterocycles. The predicted molar refractivity (Wildman–Crippen MR) is 49.2 cm³/mol. The second kappa shape index (κ2) is 3.53. The molecule has 0 fully saturated rings. The first-order chi connectivity index (χ1) is 6.10. The number of hydrogen-bond acceptors (Lipinski definition) is 3. The van der Waals surface area contributed by atoms with Gasteiger partial charge in [-0.25, -0.2) is 8.42 Å². The molecule has 0 unspecified atom stereocenters. The van der Waals surface area contributed by atoms with Crippen LogP contribution in [0.4, 0.5) is 0 Å². The molecule has 0 N–H and O–H groups in total. The van der Waals surface area contributed by atoms with E-state index in [2.05, 4.69) is 6.58 Å². The number of carbonyl (C=O) groups is 1. The molecule has 0 heterocycles. The lowest BCUT2D eigenvalue weighted by molar-refractivity contribution is 0.112. The molecule has 13 heavy (non-hydrogen) atoms. The fourth-order valence-corrected chi connectivity index (χ4v) is 1.62. The third kappa shape index (κ3) is 2.03. The van der Waals surface area contributed by atoms with Crippen molar-refractivity contribution in [1.29, 1.82) is 0 Å². The number of carbonyl (C=O) groups excluding carboxylic acids is 1. The van der Waals surface area contributed by atoms with Crippen molar-refractivity contribution < 1.29 is 13.2 Å². The number of benzene rings is 1. The largest absolute Gasteiger partial charge is 0.298 e. The Morgan fingerprint density at radius 3 is 2.54 bits per heavy atom. The molecule has 3 nitrogen and oxygen atoms in total. The van der Waals surface area contributed by atoms with Gasteiger partial charge in [-0.2, -0.15) is 0 Å². The second-order valence-electron chi connectivity index (χ2n) is 2.40. The number of aldehydes is 1. The minimum Gasteiger partial charge on any atom is -0.298 e. The molecule has 0 amide bonds. The Labute approximate surface area is 76.6 Å². The van der Waals surface area contributed by atoms with E-state index in [1.807, 2.05) is 0 Å². The maximum Gasteiger partial charge on any atom is 0.199 e. The van der Waals surface area contributed by atoms with E-state index in [4.69, 9.17) is 0 Å². The topological polar surface area (TPSA) is 51.2 Å². The first-order valence-electron chi connectivity index (χ1n) is 3.53. The van der Waals surface area contributed by atoms with Crippen LogP contribution in [0, 0.1) is 0 Å². The standard InChI is InChI=1S/C9H8O3S/c1-2-13(11,12)9-5-3-4-8(6-9)7-10/h2-7H,1H2. The van der Waals surface area contributed by atoms with E-state index in [9.17, 15) is 13.2 Å². The average molecular weight is 196 g/mol. The van der Waals surface area contributed by atoms with E-state index in [-0.39, 0.29) is 4.90 Å². The highest BCUT2D eigenvalue weighted by Gasteiger charge is 2.08. The van der Waals surface area contributed by atoms with E-state index in [1.165, 1.54) is 24.3 Å². The van der Waals surface area contributed by atoms with Crippen LogP contribution < -0.4 is 0 Å². The summed E-state index contributed by atoms with van der Waals surface area (Å²) in [7, 11) is -3.43. The van der Waals surface area contributed by atoms with Crippen molar-refractivity contribution in [2.45, 2.75) is 4.90 Å². The Balaban J connectivity index is 3.32. The highest BCUT2D eigenvalue weighted by molar-refractivity contribution is 7.94. The highest BCUT2D eigenvalue weighted by atomic mass is 32.2.